The van der Waals surface area contributed by atoms with Gasteiger partial charge in [-0.1, -0.05) is 0 Å². The number of nitrogens with two attached hydrogens (primary N) is 1. The molecule has 2 amide bonds. The first-order chi connectivity index (χ1) is 22.8. The molecule has 7 rings (SSSR count). The molecule has 1 saturated heterocycles. The average Bonchev–Trinajstić information content (AvgIpc) is 3.95. The van der Waals surface area contributed by atoms with Crippen molar-refractivity contribution in [2.75, 3.05) is 18.0 Å². The predicted octanol–water partition coefficient (Wildman–Crippen LogP) is 5.42. The Morgan fingerprint density at radius 2 is 1.81 bits per heavy atom. The molecule has 4 aliphatic rings. The van der Waals surface area contributed by atoms with Gasteiger partial charge in [0.2, 0.25) is 5.91 Å². The van der Waals surface area contributed by atoms with Crippen molar-refractivity contribution in [1.82, 2.24) is 15.3 Å². The number of carbonyl (C=O) groups excluding carboxylic acids is 2. The Morgan fingerprint density at radius 3 is 2.44 bits per heavy atom. The largest absolute Gasteiger partial charge is 0.433 e. The number of rotatable bonds is 9. The van der Waals surface area contributed by atoms with Crippen LogP contribution in [0.25, 0.3) is 11.1 Å². The van der Waals surface area contributed by atoms with Crippen molar-refractivity contribution in [2.24, 2.45) is 10.7 Å². The summed E-state index contributed by atoms with van der Waals surface area (Å²) in [5.41, 5.74) is 8.56. The van der Waals surface area contributed by atoms with Gasteiger partial charge in [-0.2, -0.15) is 13.2 Å². The Balaban J connectivity index is 1.18. The zero-order valence-electron chi connectivity index (χ0n) is 26.7. The third-order valence-electron chi connectivity index (χ3n) is 9.60. The number of alkyl halides is 3. The Hall–Kier alpha value is -4.39. The molecule has 13 heteroatoms. The Kier molecular flexibility index (Phi) is 8.00. The molecule has 4 heterocycles. The monoisotopic (exact) mass is 664 g/mol. The molecule has 0 radical (unpaired) electrons. The SMILES string of the molecule is Cc1cc(CC(N)=O)nc(C)c1-c1cc(F)c(COC2CC2)c(N2CCC3(CC2)N=C(c2ccc(C(F)(F)F)nc2C2CC2)NC3=O)c1. The Labute approximate surface area is 275 Å². The predicted molar refractivity (Wildman–Crippen MR) is 170 cm³/mol. The van der Waals surface area contributed by atoms with Crippen LogP contribution in [0.1, 0.15) is 83.9 Å². The second kappa shape index (κ2) is 11.9. The number of piperidine rings is 1. The van der Waals surface area contributed by atoms with Gasteiger partial charge in [0.25, 0.3) is 5.91 Å². The van der Waals surface area contributed by atoms with E-state index < -0.39 is 29.1 Å². The molecule has 252 valence electrons. The van der Waals surface area contributed by atoms with Crippen LogP contribution in [0.3, 0.4) is 0 Å². The third kappa shape index (κ3) is 6.27. The van der Waals surface area contributed by atoms with Crippen LogP contribution in [-0.2, 0) is 33.5 Å². The normalized spacial score (nSPS) is 19.1. The molecule has 1 spiro atoms. The van der Waals surface area contributed by atoms with Crippen LogP contribution in [0.2, 0.25) is 0 Å². The van der Waals surface area contributed by atoms with Crippen LogP contribution in [0.4, 0.5) is 23.2 Å². The van der Waals surface area contributed by atoms with Crippen molar-refractivity contribution < 1.29 is 31.9 Å². The van der Waals surface area contributed by atoms with Crippen LogP contribution < -0.4 is 16.0 Å². The number of primary amides is 1. The number of nitrogens with zero attached hydrogens (tertiary/aromatic N) is 4. The fourth-order valence-electron chi connectivity index (χ4n) is 6.85. The van der Waals surface area contributed by atoms with E-state index in [-0.39, 0.29) is 36.8 Å². The van der Waals surface area contributed by atoms with Crippen LogP contribution in [0, 0.1) is 19.7 Å². The number of amides is 2. The molecule has 0 bridgehead atoms. The molecule has 3 aromatic rings. The smallest absolute Gasteiger partial charge is 0.373 e. The van der Waals surface area contributed by atoms with E-state index in [9.17, 15) is 22.8 Å². The van der Waals surface area contributed by atoms with E-state index in [1.807, 2.05) is 24.8 Å². The van der Waals surface area contributed by atoms with E-state index in [0.29, 0.717) is 65.4 Å². The topological polar surface area (TPSA) is 123 Å². The van der Waals surface area contributed by atoms with E-state index in [4.69, 9.17) is 15.5 Å². The summed E-state index contributed by atoms with van der Waals surface area (Å²) in [7, 11) is 0. The van der Waals surface area contributed by atoms with E-state index in [1.165, 1.54) is 12.1 Å². The number of amidine groups is 1. The molecule has 2 aliphatic carbocycles. The lowest BCUT2D eigenvalue weighted by Gasteiger charge is -2.38. The lowest BCUT2D eigenvalue weighted by molar-refractivity contribution is -0.141. The van der Waals surface area contributed by atoms with Gasteiger partial charge in [0.15, 0.2) is 0 Å². The summed E-state index contributed by atoms with van der Waals surface area (Å²) in [6, 6.07) is 7.49. The van der Waals surface area contributed by atoms with Crippen molar-refractivity contribution in [3.05, 3.63) is 75.6 Å². The van der Waals surface area contributed by atoms with Crippen molar-refractivity contribution in [3.63, 3.8) is 0 Å². The maximum Gasteiger partial charge on any atom is 0.433 e. The van der Waals surface area contributed by atoms with Crippen LogP contribution >= 0.6 is 0 Å². The summed E-state index contributed by atoms with van der Waals surface area (Å²) in [6.07, 6.45) is -0.456. The summed E-state index contributed by atoms with van der Waals surface area (Å²) >= 11 is 0. The fraction of sp³-hybridized carbons (Fsp3) is 0.457. The van der Waals surface area contributed by atoms with Crippen LogP contribution in [0.5, 0.6) is 0 Å². The van der Waals surface area contributed by atoms with E-state index in [1.54, 1.807) is 6.07 Å². The minimum Gasteiger partial charge on any atom is -0.373 e. The van der Waals surface area contributed by atoms with Crippen LogP contribution in [-0.4, -0.2) is 52.4 Å². The van der Waals surface area contributed by atoms with Gasteiger partial charge in [-0.05, 0) is 93.8 Å². The molecule has 2 saturated carbocycles. The van der Waals surface area contributed by atoms with Crippen molar-refractivity contribution in [1.29, 1.82) is 0 Å². The van der Waals surface area contributed by atoms with Gasteiger partial charge in [0.1, 0.15) is 22.9 Å². The van der Waals surface area contributed by atoms with Gasteiger partial charge >= 0.3 is 6.18 Å². The molecule has 1 aromatic carbocycles. The highest BCUT2D eigenvalue weighted by molar-refractivity contribution is 6.16. The van der Waals surface area contributed by atoms with E-state index >= 15 is 4.39 Å². The van der Waals surface area contributed by atoms with Crippen molar-refractivity contribution in [3.8, 4) is 11.1 Å². The number of halogens is 4. The van der Waals surface area contributed by atoms with Crippen molar-refractivity contribution in [2.45, 2.75) is 89.1 Å². The molecule has 2 aliphatic heterocycles. The first-order valence-corrected chi connectivity index (χ1v) is 16.3. The number of carbonyl (C=O) groups is 2. The first kappa shape index (κ1) is 32.2. The van der Waals surface area contributed by atoms with Gasteiger partial charge in [-0.15, -0.1) is 0 Å². The van der Waals surface area contributed by atoms with Gasteiger partial charge in [0.05, 0.1) is 30.5 Å². The maximum atomic E-state index is 16.0. The van der Waals surface area contributed by atoms with Gasteiger partial charge < -0.3 is 20.7 Å². The lowest BCUT2D eigenvalue weighted by atomic mass is 9.87. The number of aryl methyl sites for hydroxylation is 2. The standard InChI is InChI=1S/C35H36F4N6O3/c1-18-13-22(16-29(40)46)41-19(2)30(18)21-14-26(36)25(17-48-23-5-6-23)27(15-21)45-11-9-34(10-12-45)33(47)43-32(44-34)24-7-8-28(35(37,38)39)42-31(24)20-3-4-20/h7-8,13-15,20,23H,3-6,9-12,16-17H2,1-2H3,(H2,40,46)(H,43,44,47). The fourth-order valence-corrected chi connectivity index (χ4v) is 6.85. The summed E-state index contributed by atoms with van der Waals surface area (Å²) in [4.78, 5) is 40.3. The quantitative estimate of drug-likeness (QED) is 0.295. The Bertz CT molecular complexity index is 1820. The minimum atomic E-state index is -4.57. The van der Waals surface area contributed by atoms with E-state index in [0.717, 1.165) is 42.9 Å². The highest BCUT2D eigenvalue weighted by Gasteiger charge is 2.47. The zero-order chi connectivity index (χ0) is 34.0. The molecule has 48 heavy (non-hydrogen) atoms. The first-order valence-electron chi connectivity index (χ1n) is 16.3. The molecule has 0 unspecified atom stereocenters. The zero-order valence-corrected chi connectivity index (χ0v) is 26.7. The van der Waals surface area contributed by atoms with Crippen molar-refractivity contribution >= 4 is 23.3 Å². The summed E-state index contributed by atoms with van der Waals surface area (Å²) < 4.78 is 62.2. The summed E-state index contributed by atoms with van der Waals surface area (Å²) in [6.45, 7) is 4.58. The summed E-state index contributed by atoms with van der Waals surface area (Å²) in [5.74, 6) is -1.05. The lowest BCUT2D eigenvalue weighted by Crippen LogP contribution is -2.49. The highest BCUT2D eigenvalue weighted by atomic mass is 19.4. The second-order valence-electron chi connectivity index (χ2n) is 13.3. The second-order valence-corrected chi connectivity index (χ2v) is 13.3. The van der Waals surface area contributed by atoms with Gasteiger partial charge in [0, 0.05) is 47.1 Å². The number of nitrogens with one attached hydrogen (secondary N) is 1. The molecule has 2 aromatic heterocycles. The number of aromatic nitrogens is 2. The molecule has 0 atom stereocenters. The van der Waals surface area contributed by atoms with Crippen LogP contribution in [0.15, 0.2) is 35.3 Å². The molecular formula is C35H36F4N6O3. The van der Waals surface area contributed by atoms with Gasteiger partial charge in [-0.3, -0.25) is 19.6 Å². The third-order valence-corrected chi connectivity index (χ3v) is 9.60. The van der Waals surface area contributed by atoms with E-state index in [2.05, 4.69) is 15.3 Å². The number of benzene rings is 1. The molecular weight excluding hydrogens is 628 g/mol. The number of hydrogen-bond acceptors (Lipinski definition) is 7. The molecule has 3 N–H and O–H groups in total. The molecule has 3 fully saturated rings. The number of hydrogen-bond donors (Lipinski definition) is 2. The number of pyridine rings is 2. The highest BCUT2D eigenvalue weighted by Crippen LogP contribution is 2.44. The minimum absolute atomic E-state index is 0.00356. The van der Waals surface area contributed by atoms with Gasteiger partial charge in [-0.25, -0.2) is 9.37 Å². The maximum absolute atomic E-state index is 16.0. The Morgan fingerprint density at radius 1 is 1.08 bits per heavy atom. The average molecular weight is 665 g/mol. The summed E-state index contributed by atoms with van der Waals surface area (Å²) in [5, 5.41) is 2.84. The number of ether oxygens (including phenoxy) is 1. The number of aliphatic imine (C=N–C) groups is 1. The molecule has 9 nitrogen and oxygen atoms in total. The number of anilines is 1.